The van der Waals surface area contributed by atoms with Gasteiger partial charge in [0.15, 0.2) is 0 Å². The van der Waals surface area contributed by atoms with Gasteiger partial charge in [0.25, 0.3) is 5.56 Å². The Morgan fingerprint density at radius 1 is 1.30 bits per heavy atom. The van der Waals surface area contributed by atoms with E-state index >= 15 is 0 Å². The molecule has 0 saturated carbocycles. The first-order valence-corrected chi connectivity index (χ1v) is 8.45. The second kappa shape index (κ2) is 5.85. The van der Waals surface area contributed by atoms with Crippen LogP contribution in [0.2, 0.25) is 5.02 Å². The molecule has 3 aromatic rings. The molecule has 4 rings (SSSR count). The van der Waals surface area contributed by atoms with E-state index in [4.69, 9.17) is 11.6 Å². The lowest BCUT2D eigenvalue weighted by atomic mass is 9.97. The number of nitrogens with zero attached hydrogens (tertiary/aromatic N) is 2. The van der Waals surface area contributed by atoms with E-state index in [2.05, 4.69) is 16.0 Å². The van der Waals surface area contributed by atoms with Gasteiger partial charge in [-0.05, 0) is 44.2 Å². The summed E-state index contributed by atoms with van der Waals surface area (Å²) in [5.74, 6) is 0. The van der Waals surface area contributed by atoms with Crippen LogP contribution >= 0.6 is 11.6 Å². The highest BCUT2D eigenvalue weighted by molar-refractivity contribution is 6.37. The maximum absolute atomic E-state index is 12.7. The Kier molecular flexibility index (Phi) is 3.69. The number of aromatic amines is 1. The number of H-pyrrole nitrogens is 1. The molecule has 5 heteroatoms. The van der Waals surface area contributed by atoms with Crippen LogP contribution in [-0.4, -0.2) is 14.5 Å². The van der Waals surface area contributed by atoms with Gasteiger partial charge in [-0.15, -0.1) is 0 Å². The molecule has 0 saturated heterocycles. The number of halogens is 1. The molecule has 1 aliphatic rings. The zero-order valence-corrected chi connectivity index (χ0v) is 13.6. The minimum Gasteiger partial charge on any atom is -0.349 e. The van der Waals surface area contributed by atoms with Crippen LogP contribution in [-0.2, 0) is 6.54 Å². The van der Waals surface area contributed by atoms with Gasteiger partial charge in [-0.3, -0.25) is 9.36 Å². The molecule has 2 heterocycles. The molecule has 23 heavy (non-hydrogen) atoms. The molecule has 0 aliphatic heterocycles. The lowest BCUT2D eigenvalue weighted by Gasteiger charge is -2.13. The number of benzene rings is 1. The summed E-state index contributed by atoms with van der Waals surface area (Å²) in [6.45, 7) is 0.677. The third-order valence-electron chi connectivity index (χ3n) is 4.61. The fourth-order valence-electron chi connectivity index (χ4n) is 3.35. The Morgan fingerprint density at radius 3 is 3.04 bits per heavy atom. The molecule has 0 bridgehead atoms. The highest BCUT2D eigenvalue weighted by Gasteiger charge is 2.13. The normalized spacial score (nSPS) is 15.3. The van der Waals surface area contributed by atoms with E-state index in [-0.39, 0.29) is 5.56 Å². The van der Waals surface area contributed by atoms with Gasteiger partial charge in [0, 0.05) is 17.4 Å². The van der Waals surface area contributed by atoms with Gasteiger partial charge in [0.05, 0.1) is 11.3 Å². The van der Waals surface area contributed by atoms with Crippen molar-refractivity contribution in [3.05, 3.63) is 51.6 Å². The van der Waals surface area contributed by atoms with Crippen molar-refractivity contribution < 1.29 is 0 Å². The number of aryl methyl sites for hydroxylation is 1. The van der Waals surface area contributed by atoms with E-state index in [1.807, 2.05) is 18.2 Å². The van der Waals surface area contributed by atoms with Gasteiger partial charge in [-0.1, -0.05) is 29.3 Å². The molecule has 0 amide bonds. The third-order valence-corrected chi connectivity index (χ3v) is 4.92. The highest BCUT2D eigenvalue weighted by Crippen LogP contribution is 2.28. The first-order valence-electron chi connectivity index (χ1n) is 8.07. The lowest BCUT2D eigenvalue weighted by molar-refractivity contribution is 0.610. The third kappa shape index (κ3) is 2.57. The molecule has 1 N–H and O–H groups in total. The van der Waals surface area contributed by atoms with Crippen LogP contribution in [0.4, 0.5) is 0 Å². The SMILES string of the molecule is O=c1c2[nH]c3cccc(Cl)c3c2ncn1CCC1=CCCCC1. The van der Waals surface area contributed by atoms with Gasteiger partial charge in [-0.25, -0.2) is 4.98 Å². The monoisotopic (exact) mass is 327 g/mol. The predicted molar refractivity (Wildman–Crippen MR) is 94.0 cm³/mol. The van der Waals surface area contributed by atoms with Crippen molar-refractivity contribution >= 4 is 33.5 Å². The van der Waals surface area contributed by atoms with Crippen LogP contribution < -0.4 is 5.56 Å². The molecule has 0 fully saturated rings. The van der Waals surface area contributed by atoms with E-state index in [1.165, 1.54) is 24.8 Å². The summed E-state index contributed by atoms with van der Waals surface area (Å²) in [4.78, 5) is 20.4. The van der Waals surface area contributed by atoms with Crippen LogP contribution in [0.15, 0.2) is 41.0 Å². The Balaban J connectivity index is 1.73. The van der Waals surface area contributed by atoms with E-state index in [1.54, 1.807) is 10.9 Å². The number of aromatic nitrogens is 3. The zero-order chi connectivity index (χ0) is 15.8. The molecule has 0 spiro atoms. The fourth-order valence-corrected chi connectivity index (χ4v) is 3.61. The summed E-state index contributed by atoms with van der Waals surface area (Å²) in [7, 11) is 0. The van der Waals surface area contributed by atoms with Gasteiger partial charge in [0.2, 0.25) is 0 Å². The summed E-state index contributed by atoms with van der Waals surface area (Å²) >= 11 is 6.26. The van der Waals surface area contributed by atoms with E-state index in [9.17, 15) is 4.79 Å². The van der Waals surface area contributed by atoms with Crippen molar-refractivity contribution in [2.75, 3.05) is 0 Å². The maximum atomic E-state index is 12.7. The highest BCUT2D eigenvalue weighted by atomic mass is 35.5. The number of nitrogens with one attached hydrogen (secondary N) is 1. The molecule has 2 aromatic heterocycles. The molecule has 0 unspecified atom stereocenters. The summed E-state index contributed by atoms with van der Waals surface area (Å²) in [5, 5.41) is 1.44. The zero-order valence-electron chi connectivity index (χ0n) is 12.8. The fraction of sp³-hybridized carbons (Fsp3) is 0.333. The van der Waals surface area contributed by atoms with Crippen LogP contribution in [0.3, 0.4) is 0 Å². The molecule has 1 aromatic carbocycles. The van der Waals surface area contributed by atoms with E-state index in [0.29, 0.717) is 22.6 Å². The van der Waals surface area contributed by atoms with Gasteiger partial charge in [0.1, 0.15) is 11.0 Å². The number of hydrogen-bond acceptors (Lipinski definition) is 2. The molecule has 0 radical (unpaired) electrons. The second-order valence-corrected chi connectivity index (χ2v) is 6.52. The Hall–Kier alpha value is -2.07. The van der Waals surface area contributed by atoms with E-state index in [0.717, 1.165) is 23.7 Å². The standard InChI is InChI=1S/C18H18ClN3O/c19-13-7-4-8-14-15(13)16-17(21-14)18(23)22(11-20-16)10-9-12-5-2-1-3-6-12/h4-5,7-8,11,21H,1-3,6,9-10H2. The van der Waals surface area contributed by atoms with Crippen molar-refractivity contribution in [3.8, 4) is 0 Å². The molecule has 4 nitrogen and oxygen atoms in total. The van der Waals surface area contributed by atoms with Gasteiger partial charge >= 0.3 is 0 Å². The van der Waals surface area contributed by atoms with Crippen molar-refractivity contribution in [2.24, 2.45) is 0 Å². The first-order chi connectivity index (χ1) is 11.2. The number of allylic oxidation sites excluding steroid dienone is 2. The Morgan fingerprint density at radius 2 is 2.22 bits per heavy atom. The van der Waals surface area contributed by atoms with Crippen molar-refractivity contribution in [1.82, 2.24) is 14.5 Å². The average molecular weight is 328 g/mol. The van der Waals surface area contributed by atoms with Gasteiger partial charge in [-0.2, -0.15) is 0 Å². The van der Waals surface area contributed by atoms with Gasteiger partial charge < -0.3 is 4.98 Å². The number of rotatable bonds is 3. The smallest absolute Gasteiger partial charge is 0.277 e. The molecule has 0 atom stereocenters. The largest absolute Gasteiger partial charge is 0.349 e. The van der Waals surface area contributed by atoms with E-state index < -0.39 is 0 Å². The average Bonchev–Trinajstić information content (AvgIpc) is 2.96. The molecule has 118 valence electrons. The van der Waals surface area contributed by atoms with Crippen molar-refractivity contribution in [3.63, 3.8) is 0 Å². The minimum atomic E-state index is -0.0290. The van der Waals surface area contributed by atoms with Crippen LogP contribution in [0.1, 0.15) is 32.1 Å². The van der Waals surface area contributed by atoms with Crippen LogP contribution in [0, 0.1) is 0 Å². The summed E-state index contributed by atoms with van der Waals surface area (Å²) in [5.41, 5.74) is 3.48. The first kappa shape index (κ1) is 14.5. The van der Waals surface area contributed by atoms with Crippen molar-refractivity contribution in [2.45, 2.75) is 38.6 Å². The second-order valence-electron chi connectivity index (χ2n) is 6.11. The summed E-state index contributed by atoms with van der Waals surface area (Å²) < 4.78 is 1.70. The summed E-state index contributed by atoms with van der Waals surface area (Å²) in [6.07, 6.45) is 9.77. The maximum Gasteiger partial charge on any atom is 0.277 e. The predicted octanol–water partition coefficient (Wildman–Crippen LogP) is 4.42. The summed E-state index contributed by atoms with van der Waals surface area (Å²) in [6, 6.07) is 5.60. The minimum absolute atomic E-state index is 0.0290. The number of hydrogen-bond donors (Lipinski definition) is 1. The van der Waals surface area contributed by atoms with Crippen molar-refractivity contribution in [1.29, 1.82) is 0 Å². The Labute approximate surface area is 138 Å². The Bertz CT molecular complexity index is 967. The topological polar surface area (TPSA) is 50.7 Å². The molecule has 1 aliphatic carbocycles. The van der Waals surface area contributed by atoms with Crippen LogP contribution in [0.25, 0.3) is 21.9 Å². The quantitative estimate of drug-likeness (QED) is 0.724. The molecular formula is C18H18ClN3O. The number of fused-ring (bicyclic) bond motifs is 3. The van der Waals surface area contributed by atoms with Crippen LogP contribution in [0.5, 0.6) is 0 Å². The lowest BCUT2D eigenvalue weighted by Crippen LogP contribution is -2.21. The molecular weight excluding hydrogens is 310 g/mol.